The summed E-state index contributed by atoms with van der Waals surface area (Å²) < 4.78 is 70.3. The second-order valence-corrected chi connectivity index (χ2v) is 12.9. The number of rotatable bonds is 6. The topological polar surface area (TPSA) is 57.6 Å². The number of likely N-dealkylation sites (tertiary alicyclic amines) is 1. The van der Waals surface area contributed by atoms with Crippen LogP contribution in [0.15, 0.2) is 36.4 Å². The summed E-state index contributed by atoms with van der Waals surface area (Å²) in [5, 5.41) is 9.38. The number of hydrogen-bond acceptors (Lipinski definition) is 2. The monoisotopic (exact) mass is 591 g/mol. The van der Waals surface area contributed by atoms with Crippen molar-refractivity contribution in [2.75, 3.05) is 6.54 Å². The Hall–Kier alpha value is -2.97. The van der Waals surface area contributed by atoms with Gasteiger partial charge in [-0.3, -0.25) is 9.59 Å². The molecule has 1 saturated heterocycles. The van der Waals surface area contributed by atoms with Gasteiger partial charge in [-0.2, -0.15) is 13.2 Å². The quantitative estimate of drug-likeness (QED) is 0.352. The number of fused-ring (bicyclic) bond motifs is 3. The number of halogens is 5. The summed E-state index contributed by atoms with van der Waals surface area (Å²) in [7, 11) is 0. The molecule has 9 heteroatoms. The molecule has 2 aromatic carbocycles. The van der Waals surface area contributed by atoms with Gasteiger partial charge in [0.1, 0.15) is 5.82 Å². The van der Waals surface area contributed by atoms with Gasteiger partial charge >= 0.3 is 12.1 Å². The minimum atomic E-state index is -5.06. The lowest BCUT2D eigenvalue weighted by Gasteiger charge is -2.45. The standard InChI is InChI=1S/C33H38F5NO3/c1-19(2)25-16-20(4-12-27(25)34)18-32-14-15-39(29(40)21-5-7-22(8-6-21)30(41)42)28(32)13-9-23-17-24(10-11-26(23)32)31(3,35)33(36,37)38/h4,10-12,16-17,19,21-22,28H,5-9,13-15,18H2,1-3H3,(H,41,42). The van der Waals surface area contributed by atoms with E-state index in [-0.39, 0.29) is 29.6 Å². The molecule has 1 saturated carbocycles. The Kier molecular flexibility index (Phi) is 7.94. The first kappa shape index (κ1) is 30.5. The number of benzene rings is 2. The van der Waals surface area contributed by atoms with Crippen LogP contribution in [0.4, 0.5) is 22.0 Å². The Morgan fingerprint density at radius 2 is 1.67 bits per heavy atom. The number of carbonyl (C=O) groups excluding carboxylic acids is 1. The number of amides is 1. The molecule has 5 rings (SSSR count). The van der Waals surface area contributed by atoms with Gasteiger partial charge in [-0.25, -0.2) is 8.78 Å². The van der Waals surface area contributed by atoms with E-state index in [1.807, 2.05) is 24.8 Å². The predicted molar refractivity (Wildman–Crippen MR) is 148 cm³/mol. The molecule has 42 heavy (non-hydrogen) atoms. The fourth-order valence-electron chi connectivity index (χ4n) is 7.62. The van der Waals surface area contributed by atoms with Crippen molar-refractivity contribution in [1.82, 2.24) is 4.90 Å². The summed E-state index contributed by atoms with van der Waals surface area (Å²) in [6.45, 7) is 4.82. The van der Waals surface area contributed by atoms with Gasteiger partial charge in [0.2, 0.25) is 11.6 Å². The average Bonchev–Trinajstić information content (AvgIpc) is 3.32. The van der Waals surface area contributed by atoms with Crippen molar-refractivity contribution in [3.63, 3.8) is 0 Å². The zero-order valence-electron chi connectivity index (χ0n) is 24.2. The molecule has 3 unspecified atom stereocenters. The van der Waals surface area contributed by atoms with Gasteiger partial charge in [-0.05, 0) is 98.1 Å². The van der Waals surface area contributed by atoms with E-state index in [0.717, 1.165) is 11.1 Å². The zero-order valence-corrected chi connectivity index (χ0v) is 24.2. The molecule has 1 amide bonds. The van der Waals surface area contributed by atoms with Gasteiger partial charge in [0.15, 0.2) is 0 Å². The summed E-state index contributed by atoms with van der Waals surface area (Å²) >= 11 is 0. The lowest BCUT2D eigenvalue weighted by Crippen LogP contribution is -2.51. The lowest BCUT2D eigenvalue weighted by atomic mass is 9.63. The molecule has 0 spiro atoms. The summed E-state index contributed by atoms with van der Waals surface area (Å²) in [4.78, 5) is 27.2. The number of carbonyl (C=O) groups is 2. The molecule has 1 aliphatic heterocycles. The molecule has 4 nitrogen and oxygen atoms in total. The van der Waals surface area contributed by atoms with Crippen molar-refractivity contribution >= 4 is 11.9 Å². The third kappa shape index (κ3) is 5.21. The van der Waals surface area contributed by atoms with E-state index in [1.165, 1.54) is 18.2 Å². The van der Waals surface area contributed by atoms with Gasteiger partial charge in [0.05, 0.1) is 5.92 Å². The van der Waals surface area contributed by atoms with E-state index >= 15 is 0 Å². The predicted octanol–water partition coefficient (Wildman–Crippen LogP) is 7.61. The first-order valence-electron chi connectivity index (χ1n) is 14.9. The van der Waals surface area contributed by atoms with E-state index in [1.54, 1.807) is 12.1 Å². The van der Waals surface area contributed by atoms with E-state index < -0.39 is 34.7 Å². The first-order chi connectivity index (χ1) is 19.7. The molecule has 1 N–H and O–H groups in total. The van der Waals surface area contributed by atoms with Crippen molar-refractivity contribution in [1.29, 1.82) is 0 Å². The minimum Gasteiger partial charge on any atom is -0.481 e. The molecule has 1 heterocycles. The number of aliphatic carboxylic acids is 1. The fraction of sp³-hybridized carbons (Fsp3) is 0.576. The van der Waals surface area contributed by atoms with Gasteiger partial charge in [0.25, 0.3) is 0 Å². The number of alkyl halides is 4. The summed E-state index contributed by atoms with van der Waals surface area (Å²) in [6.07, 6.45) is -1.19. The Balaban J connectivity index is 1.53. The van der Waals surface area contributed by atoms with E-state index in [9.17, 15) is 36.6 Å². The number of hydrogen-bond donors (Lipinski definition) is 1. The van der Waals surface area contributed by atoms with E-state index in [2.05, 4.69) is 0 Å². The average molecular weight is 592 g/mol. The fourth-order valence-corrected chi connectivity index (χ4v) is 7.62. The van der Waals surface area contributed by atoms with Crippen LogP contribution in [0.25, 0.3) is 0 Å². The summed E-state index contributed by atoms with van der Waals surface area (Å²) in [5.74, 6) is -1.88. The van der Waals surface area contributed by atoms with Gasteiger partial charge < -0.3 is 10.0 Å². The number of aryl methyl sites for hydroxylation is 1. The highest BCUT2D eigenvalue weighted by atomic mass is 19.4. The SMILES string of the molecule is CC(C)c1cc(CC23CCN(C(=O)C4CCC(C(=O)O)CC4)C2CCc2cc(C(C)(F)C(F)(F)F)ccc23)ccc1F. The van der Waals surface area contributed by atoms with Crippen molar-refractivity contribution in [3.8, 4) is 0 Å². The Morgan fingerprint density at radius 1 is 1.00 bits per heavy atom. The highest BCUT2D eigenvalue weighted by Crippen LogP contribution is 2.51. The van der Waals surface area contributed by atoms with Crippen LogP contribution in [-0.2, 0) is 33.5 Å². The maximum atomic E-state index is 15.0. The third-order valence-electron chi connectivity index (χ3n) is 10.1. The van der Waals surface area contributed by atoms with E-state index in [0.29, 0.717) is 76.0 Å². The number of carboxylic acids is 1. The molecule has 3 atom stereocenters. The Labute approximate surface area is 243 Å². The van der Waals surface area contributed by atoms with Crippen LogP contribution in [0.3, 0.4) is 0 Å². The first-order valence-corrected chi connectivity index (χ1v) is 14.9. The van der Waals surface area contributed by atoms with Gasteiger partial charge in [0, 0.05) is 23.9 Å². The number of carboxylic acid groups (broad SMARTS) is 1. The van der Waals surface area contributed by atoms with Crippen LogP contribution in [0.5, 0.6) is 0 Å². The molecule has 228 valence electrons. The van der Waals surface area contributed by atoms with Gasteiger partial charge in [-0.1, -0.05) is 44.2 Å². The van der Waals surface area contributed by atoms with E-state index in [4.69, 9.17) is 0 Å². The Bertz CT molecular complexity index is 1360. The molecule has 2 aromatic rings. The maximum Gasteiger partial charge on any atom is 0.426 e. The molecule has 0 radical (unpaired) electrons. The van der Waals surface area contributed by atoms with Crippen LogP contribution >= 0.6 is 0 Å². The van der Waals surface area contributed by atoms with Gasteiger partial charge in [-0.15, -0.1) is 0 Å². The van der Waals surface area contributed by atoms with Crippen molar-refractivity contribution in [3.05, 3.63) is 70.0 Å². The zero-order chi connectivity index (χ0) is 30.6. The Morgan fingerprint density at radius 3 is 2.29 bits per heavy atom. The lowest BCUT2D eigenvalue weighted by molar-refractivity contribution is -0.228. The van der Waals surface area contributed by atoms with Crippen LogP contribution in [-0.4, -0.2) is 40.6 Å². The molecule has 3 aliphatic rings. The molecule has 0 bridgehead atoms. The third-order valence-corrected chi connectivity index (χ3v) is 10.1. The normalized spacial score (nSPS) is 27.4. The van der Waals surface area contributed by atoms with Crippen LogP contribution < -0.4 is 0 Å². The second kappa shape index (κ2) is 10.9. The van der Waals surface area contributed by atoms with Crippen molar-refractivity contribution < 1.29 is 36.6 Å². The molecule has 2 fully saturated rings. The second-order valence-electron chi connectivity index (χ2n) is 12.9. The molecule has 0 aromatic heterocycles. The smallest absolute Gasteiger partial charge is 0.426 e. The molecular weight excluding hydrogens is 553 g/mol. The molecular formula is C33H38F5NO3. The van der Waals surface area contributed by atoms with Crippen LogP contribution in [0.2, 0.25) is 0 Å². The summed E-state index contributed by atoms with van der Waals surface area (Å²) in [5.41, 5.74) is -1.64. The molecule has 2 aliphatic carbocycles. The van der Waals surface area contributed by atoms with Crippen molar-refractivity contribution in [2.45, 2.75) is 101 Å². The maximum absolute atomic E-state index is 15.0. The highest BCUT2D eigenvalue weighted by molar-refractivity contribution is 5.80. The van der Waals surface area contributed by atoms with Crippen molar-refractivity contribution in [2.24, 2.45) is 11.8 Å². The number of nitrogens with zero attached hydrogens (tertiary/aromatic N) is 1. The summed E-state index contributed by atoms with van der Waals surface area (Å²) in [6, 6.07) is 8.96. The minimum absolute atomic E-state index is 0.00108. The van der Waals surface area contributed by atoms with Crippen LogP contribution in [0, 0.1) is 17.7 Å². The largest absolute Gasteiger partial charge is 0.481 e. The highest BCUT2D eigenvalue weighted by Gasteiger charge is 2.56. The van der Waals surface area contributed by atoms with Crippen LogP contribution in [0.1, 0.15) is 93.0 Å².